The van der Waals surface area contributed by atoms with Crippen molar-refractivity contribution in [1.29, 1.82) is 0 Å². The molecule has 3 aromatic heterocycles. The van der Waals surface area contributed by atoms with Gasteiger partial charge in [0.25, 0.3) is 0 Å². The summed E-state index contributed by atoms with van der Waals surface area (Å²) in [6.07, 6.45) is 5.92. The fourth-order valence-electron chi connectivity index (χ4n) is 3.90. The summed E-state index contributed by atoms with van der Waals surface area (Å²) in [7, 11) is -1.69. The Morgan fingerprint density at radius 3 is 2.60 bits per heavy atom. The number of nitrogens with one attached hydrogen (secondary N) is 1. The van der Waals surface area contributed by atoms with E-state index >= 15 is 0 Å². The average molecular weight is 496 g/mol. The Bertz CT molecular complexity index is 1410. The SMILES string of the molecule is CCN(CC)S(=O)(=O)c1ccc2c(c1)nc(CCC(=O)NCc1ccc(-n3cccn3)nc1)n2C. The van der Waals surface area contributed by atoms with Crippen molar-refractivity contribution in [2.45, 2.75) is 38.1 Å². The first-order chi connectivity index (χ1) is 16.8. The number of aryl methyl sites for hydroxylation is 2. The summed E-state index contributed by atoms with van der Waals surface area (Å²) in [4.78, 5) is 21.6. The second kappa shape index (κ2) is 10.4. The van der Waals surface area contributed by atoms with E-state index in [9.17, 15) is 13.2 Å². The molecule has 1 aromatic carbocycles. The monoisotopic (exact) mass is 495 g/mol. The molecule has 0 unspecified atom stereocenters. The molecule has 1 N–H and O–H groups in total. The Hall–Kier alpha value is -3.57. The minimum Gasteiger partial charge on any atom is -0.352 e. The first-order valence-corrected chi connectivity index (χ1v) is 12.9. The van der Waals surface area contributed by atoms with Crippen LogP contribution in [0.15, 0.2) is 59.9 Å². The van der Waals surface area contributed by atoms with Crippen molar-refractivity contribution in [3.63, 3.8) is 0 Å². The molecule has 4 aromatic rings. The zero-order valence-electron chi connectivity index (χ0n) is 20.0. The number of fused-ring (bicyclic) bond motifs is 1. The molecule has 0 aliphatic rings. The second-order valence-electron chi connectivity index (χ2n) is 8.08. The predicted octanol–water partition coefficient (Wildman–Crippen LogP) is 2.43. The summed E-state index contributed by atoms with van der Waals surface area (Å²) >= 11 is 0. The zero-order chi connectivity index (χ0) is 25.0. The number of pyridine rings is 1. The highest BCUT2D eigenvalue weighted by atomic mass is 32.2. The van der Waals surface area contributed by atoms with E-state index in [1.165, 1.54) is 4.31 Å². The molecule has 0 fully saturated rings. The van der Waals surface area contributed by atoms with Crippen molar-refractivity contribution in [3.8, 4) is 5.82 Å². The Kier molecular flexibility index (Phi) is 7.27. The molecule has 3 heterocycles. The minimum absolute atomic E-state index is 0.0991. The van der Waals surface area contributed by atoms with Crippen LogP contribution in [0, 0.1) is 0 Å². The summed E-state index contributed by atoms with van der Waals surface area (Å²) in [5.74, 6) is 1.33. The molecule has 35 heavy (non-hydrogen) atoms. The van der Waals surface area contributed by atoms with Crippen molar-refractivity contribution >= 4 is 27.0 Å². The molecule has 0 aliphatic heterocycles. The van der Waals surface area contributed by atoms with Crippen molar-refractivity contribution in [3.05, 3.63) is 66.4 Å². The van der Waals surface area contributed by atoms with E-state index in [2.05, 4.69) is 20.4 Å². The number of hydrogen-bond donors (Lipinski definition) is 1. The Morgan fingerprint density at radius 2 is 1.94 bits per heavy atom. The molecule has 0 radical (unpaired) electrons. The van der Waals surface area contributed by atoms with E-state index in [4.69, 9.17) is 0 Å². The molecule has 0 aliphatic carbocycles. The third kappa shape index (κ3) is 5.25. The van der Waals surface area contributed by atoms with Crippen LogP contribution in [0.5, 0.6) is 0 Å². The summed E-state index contributed by atoms with van der Waals surface area (Å²) in [5.41, 5.74) is 2.31. The fourth-order valence-corrected chi connectivity index (χ4v) is 5.38. The molecule has 184 valence electrons. The van der Waals surface area contributed by atoms with E-state index in [0.717, 1.165) is 16.9 Å². The molecule has 4 rings (SSSR count). The summed E-state index contributed by atoms with van der Waals surface area (Å²) in [6.45, 7) is 4.82. The van der Waals surface area contributed by atoms with Gasteiger partial charge in [-0.1, -0.05) is 19.9 Å². The van der Waals surface area contributed by atoms with Gasteiger partial charge in [-0.15, -0.1) is 0 Å². The molecule has 0 saturated carbocycles. The van der Waals surface area contributed by atoms with Crippen LogP contribution in [-0.2, 0) is 34.8 Å². The van der Waals surface area contributed by atoms with Crippen molar-refractivity contribution < 1.29 is 13.2 Å². The van der Waals surface area contributed by atoms with Gasteiger partial charge >= 0.3 is 0 Å². The highest BCUT2D eigenvalue weighted by Crippen LogP contribution is 2.22. The van der Waals surface area contributed by atoms with Crippen LogP contribution < -0.4 is 5.32 Å². The van der Waals surface area contributed by atoms with Gasteiger partial charge in [0.1, 0.15) is 5.82 Å². The molecule has 1 amide bonds. The Morgan fingerprint density at radius 1 is 1.14 bits per heavy atom. The molecule has 11 heteroatoms. The zero-order valence-corrected chi connectivity index (χ0v) is 20.9. The maximum atomic E-state index is 12.8. The minimum atomic E-state index is -3.56. The van der Waals surface area contributed by atoms with Gasteiger partial charge in [-0.25, -0.2) is 23.1 Å². The lowest BCUT2D eigenvalue weighted by atomic mass is 10.2. The van der Waals surface area contributed by atoms with Crippen LogP contribution in [0.4, 0.5) is 0 Å². The van der Waals surface area contributed by atoms with Crippen molar-refractivity contribution in [2.75, 3.05) is 13.1 Å². The maximum absolute atomic E-state index is 12.8. The number of carbonyl (C=O) groups is 1. The Balaban J connectivity index is 1.38. The van der Waals surface area contributed by atoms with Gasteiger partial charge in [-0.05, 0) is 35.9 Å². The molecule has 10 nitrogen and oxygen atoms in total. The topological polar surface area (TPSA) is 115 Å². The first-order valence-electron chi connectivity index (χ1n) is 11.5. The molecule has 0 spiro atoms. The molecule has 0 bridgehead atoms. The molecule has 0 saturated heterocycles. The van der Waals surface area contributed by atoms with Crippen molar-refractivity contribution in [1.82, 2.24) is 33.9 Å². The number of hydrogen-bond acceptors (Lipinski definition) is 6. The lowest BCUT2D eigenvalue weighted by Crippen LogP contribution is -2.30. The smallest absolute Gasteiger partial charge is 0.243 e. The number of amides is 1. The average Bonchev–Trinajstić information content (AvgIpc) is 3.50. The summed E-state index contributed by atoms with van der Waals surface area (Å²) in [5, 5.41) is 7.05. The normalized spacial score (nSPS) is 11.9. The lowest BCUT2D eigenvalue weighted by molar-refractivity contribution is -0.121. The Labute approximate surface area is 204 Å². The number of nitrogens with zero attached hydrogens (tertiary/aromatic N) is 6. The number of benzene rings is 1. The standard InChI is InChI=1S/C24H29N7O3S/c1-4-30(5-2)35(33,34)19-8-9-21-20(15-19)28-23(29(21)3)11-12-24(32)26-17-18-7-10-22(25-16-18)31-14-6-13-27-31/h6-10,13-16H,4-5,11-12,17H2,1-3H3,(H,26,32). The highest BCUT2D eigenvalue weighted by molar-refractivity contribution is 7.89. The van der Waals surface area contributed by atoms with E-state index in [-0.39, 0.29) is 17.2 Å². The predicted molar refractivity (Wildman–Crippen MR) is 132 cm³/mol. The van der Waals surface area contributed by atoms with E-state index in [1.54, 1.807) is 35.3 Å². The number of imidazole rings is 1. The van der Waals surface area contributed by atoms with Gasteiger partial charge in [0.05, 0.1) is 15.9 Å². The number of sulfonamides is 1. The lowest BCUT2D eigenvalue weighted by Gasteiger charge is -2.18. The first kappa shape index (κ1) is 24.6. The summed E-state index contributed by atoms with van der Waals surface area (Å²) < 4.78 is 30.7. The second-order valence-corrected chi connectivity index (χ2v) is 10.0. The van der Waals surface area contributed by atoms with Crippen LogP contribution in [0.2, 0.25) is 0 Å². The molecule has 0 atom stereocenters. The van der Waals surface area contributed by atoms with E-state index < -0.39 is 10.0 Å². The third-order valence-corrected chi connectivity index (χ3v) is 7.95. The molecular weight excluding hydrogens is 466 g/mol. The van der Waals surface area contributed by atoms with Crippen LogP contribution in [0.1, 0.15) is 31.7 Å². The van der Waals surface area contributed by atoms with Gasteiger partial charge in [0, 0.05) is 58.1 Å². The number of rotatable bonds is 10. The van der Waals surface area contributed by atoms with Crippen LogP contribution >= 0.6 is 0 Å². The number of aromatic nitrogens is 5. The van der Waals surface area contributed by atoms with E-state index in [1.807, 2.05) is 49.9 Å². The quantitative estimate of drug-likeness (QED) is 0.361. The largest absolute Gasteiger partial charge is 0.352 e. The highest BCUT2D eigenvalue weighted by Gasteiger charge is 2.22. The van der Waals surface area contributed by atoms with Gasteiger partial charge in [0.15, 0.2) is 5.82 Å². The van der Waals surface area contributed by atoms with Crippen LogP contribution in [-0.4, -0.2) is 56.0 Å². The van der Waals surface area contributed by atoms with Crippen molar-refractivity contribution in [2.24, 2.45) is 7.05 Å². The summed E-state index contributed by atoms with van der Waals surface area (Å²) in [6, 6.07) is 10.6. The van der Waals surface area contributed by atoms with E-state index in [0.29, 0.717) is 37.4 Å². The van der Waals surface area contributed by atoms with Gasteiger partial charge in [-0.3, -0.25) is 4.79 Å². The van der Waals surface area contributed by atoms with Crippen LogP contribution in [0.3, 0.4) is 0 Å². The van der Waals surface area contributed by atoms with Gasteiger partial charge in [-0.2, -0.15) is 9.40 Å². The molecular formula is C24H29N7O3S. The maximum Gasteiger partial charge on any atom is 0.243 e. The third-order valence-electron chi connectivity index (χ3n) is 5.90. The van der Waals surface area contributed by atoms with Gasteiger partial charge < -0.3 is 9.88 Å². The van der Waals surface area contributed by atoms with Gasteiger partial charge in [0.2, 0.25) is 15.9 Å². The fraction of sp³-hybridized carbons (Fsp3) is 0.333. The van der Waals surface area contributed by atoms with Crippen LogP contribution in [0.25, 0.3) is 16.9 Å². The number of carbonyl (C=O) groups excluding carboxylic acids is 1.